The summed E-state index contributed by atoms with van der Waals surface area (Å²) in [5.74, 6) is 0.870. The minimum Gasteiger partial charge on any atom is -0.472 e. The molecule has 3 rings (SSSR count). The molecule has 1 aliphatic heterocycles. The highest BCUT2D eigenvalue weighted by Crippen LogP contribution is 2.17. The van der Waals surface area contributed by atoms with Crippen LogP contribution < -0.4 is 0 Å². The predicted molar refractivity (Wildman–Crippen MR) is 62.9 cm³/mol. The summed E-state index contributed by atoms with van der Waals surface area (Å²) in [4.78, 5) is 17.5. The highest BCUT2D eigenvalue weighted by atomic mass is 16.5. The Labute approximate surface area is 108 Å². The van der Waals surface area contributed by atoms with Crippen molar-refractivity contribution in [3.8, 4) is 11.4 Å². The molecule has 1 amide bonds. The second-order valence-corrected chi connectivity index (χ2v) is 4.48. The van der Waals surface area contributed by atoms with Crippen LogP contribution in [0.1, 0.15) is 12.3 Å². The summed E-state index contributed by atoms with van der Waals surface area (Å²) in [6.45, 7) is 0.839. The first kappa shape index (κ1) is 11.9. The molecule has 0 bridgehead atoms. The predicted octanol–water partition coefficient (Wildman–Crippen LogP) is 0.465. The van der Waals surface area contributed by atoms with Crippen molar-refractivity contribution in [3.05, 3.63) is 24.5 Å². The van der Waals surface area contributed by atoms with Crippen LogP contribution in [-0.4, -0.2) is 45.2 Å². The van der Waals surface area contributed by atoms with Gasteiger partial charge in [-0.25, -0.2) is 0 Å². The molecule has 1 N–H and O–H groups in total. The molecule has 100 valence electrons. The van der Waals surface area contributed by atoms with Crippen molar-refractivity contribution < 1.29 is 18.8 Å². The van der Waals surface area contributed by atoms with Crippen LogP contribution in [0.15, 0.2) is 27.5 Å². The van der Waals surface area contributed by atoms with Gasteiger partial charge in [0, 0.05) is 25.9 Å². The normalized spacial score (nSPS) is 15.5. The van der Waals surface area contributed by atoms with E-state index >= 15 is 0 Å². The fraction of sp³-hybridized carbons (Fsp3) is 0.417. The minimum absolute atomic E-state index is 0.00615. The maximum atomic E-state index is 11.7. The zero-order valence-electron chi connectivity index (χ0n) is 10.2. The lowest BCUT2D eigenvalue weighted by Crippen LogP contribution is -2.53. The maximum absolute atomic E-state index is 11.7. The van der Waals surface area contributed by atoms with Crippen LogP contribution in [0.25, 0.3) is 11.4 Å². The van der Waals surface area contributed by atoms with Gasteiger partial charge in [0.2, 0.25) is 17.6 Å². The lowest BCUT2D eigenvalue weighted by atomic mass is 10.1. The van der Waals surface area contributed by atoms with Crippen molar-refractivity contribution in [1.82, 2.24) is 15.0 Å². The molecule has 0 radical (unpaired) electrons. The van der Waals surface area contributed by atoms with Crippen molar-refractivity contribution in [1.29, 1.82) is 0 Å². The lowest BCUT2D eigenvalue weighted by molar-refractivity contribution is -0.141. The second-order valence-electron chi connectivity index (χ2n) is 4.48. The quantitative estimate of drug-likeness (QED) is 0.861. The van der Waals surface area contributed by atoms with Gasteiger partial charge in [-0.2, -0.15) is 4.98 Å². The van der Waals surface area contributed by atoms with Crippen molar-refractivity contribution in [3.63, 3.8) is 0 Å². The zero-order chi connectivity index (χ0) is 13.2. The van der Waals surface area contributed by atoms with E-state index in [2.05, 4.69) is 10.1 Å². The Morgan fingerprint density at radius 3 is 3.05 bits per heavy atom. The third-order valence-corrected chi connectivity index (χ3v) is 3.02. The number of carbonyl (C=O) groups is 1. The molecular formula is C12H13N3O4. The summed E-state index contributed by atoms with van der Waals surface area (Å²) in [5.41, 5.74) is 0.743. The first-order valence-corrected chi connectivity index (χ1v) is 6.03. The molecule has 19 heavy (non-hydrogen) atoms. The number of aryl methyl sites for hydroxylation is 1. The smallest absolute Gasteiger partial charge is 0.227 e. The van der Waals surface area contributed by atoms with E-state index in [9.17, 15) is 4.79 Å². The van der Waals surface area contributed by atoms with Gasteiger partial charge < -0.3 is 18.9 Å². The van der Waals surface area contributed by atoms with Crippen LogP contribution >= 0.6 is 0 Å². The molecule has 1 fully saturated rings. The number of aliphatic hydroxyl groups excluding tert-OH is 1. The fourth-order valence-corrected chi connectivity index (χ4v) is 1.90. The number of rotatable bonds is 4. The Balaban J connectivity index is 1.55. The van der Waals surface area contributed by atoms with Gasteiger partial charge in [-0.05, 0) is 6.07 Å². The lowest BCUT2D eigenvalue weighted by Gasteiger charge is -2.35. The molecule has 0 saturated carbocycles. The Hall–Kier alpha value is -2.15. The number of β-amino-alcohol motifs (C(OH)–C–C–N with tert-alkyl or cyclic N) is 1. The molecule has 0 aromatic carbocycles. The Morgan fingerprint density at radius 2 is 2.37 bits per heavy atom. The molecule has 3 heterocycles. The van der Waals surface area contributed by atoms with Gasteiger partial charge in [-0.3, -0.25) is 4.79 Å². The van der Waals surface area contributed by atoms with E-state index in [1.54, 1.807) is 11.0 Å². The largest absolute Gasteiger partial charge is 0.472 e. The van der Waals surface area contributed by atoms with Gasteiger partial charge in [0.25, 0.3) is 0 Å². The van der Waals surface area contributed by atoms with Crippen molar-refractivity contribution in [2.75, 3.05) is 13.1 Å². The van der Waals surface area contributed by atoms with E-state index in [1.807, 2.05) is 0 Å². The van der Waals surface area contributed by atoms with E-state index in [0.717, 1.165) is 5.56 Å². The van der Waals surface area contributed by atoms with E-state index in [-0.39, 0.29) is 12.0 Å². The van der Waals surface area contributed by atoms with Crippen molar-refractivity contribution in [2.24, 2.45) is 0 Å². The number of hydrogen-bond donors (Lipinski definition) is 1. The van der Waals surface area contributed by atoms with Gasteiger partial charge in [0.15, 0.2) is 0 Å². The highest BCUT2D eigenvalue weighted by Gasteiger charge is 2.28. The average molecular weight is 263 g/mol. The number of likely N-dealkylation sites (tertiary alicyclic amines) is 1. The number of aliphatic hydroxyl groups is 1. The average Bonchev–Trinajstić information content (AvgIpc) is 3.01. The van der Waals surface area contributed by atoms with Crippen LogP contribution in [0.2, 0.25) is 0 Å². The summed E-state index contributed by atoms with van der Waals surface area (Å²) in [6.07, 6.45) is 3.39. The Bertz CT molecular complexity index is 557. The van der Waals surface area contributed by atoms with Gasteiger partial charge in [0.1, 0.15) is 6.26 Å². The molecule has 0 atom stereocenters. The van der Waals surface area contributed by atoms with Gasteiger partial charge >= 0.3 is 0 Å². The number of hydrogen-bond acceptors (Lipinski definition) is 6. The third-order valence-electron chi connectivity index (χ3n) is 3.02. The summed E-state index contributed by atoms with van der Waals surface area (Å²) in [5, 5.41) is 12.9. The number of carbonyl (C=O) groups excluding carboxylic acids is 1. The van der Waals surface area contributed by atoms with Crippen LogP contribution in [0, 0.1) is 0 Å². The van der Waals surface area contributed by atoms with E-state index in [1.165, 1.54) is 12.5 Å². The number of amides is 1. The van der Waals surface area contributed by atoms with Gasteiger partial charge in [-0.15, -0.1) is 0 Å². The van der Waals surface area contributed by atoms with Crippen LogP contribution in [0.3, 0.4) is 0 Å². The summed E-state index contributed by atoms with van der Waals surface area (Å²) >= 11 is 0. The van der Waals surface area contributed by atoms with E-state index in [0.29, 0.717) is 37.6 Å². The Morgan fingerprint density at radius 1 is 1.53 bits per heavy atom. The molecule has 0 spiro atoms. The molecule has 0 unspecified atom stereocenters. The molecule has 1 saturated heterocycles. The third kappa shape index (κ3) is 2.50. The van der Waals surface area contributed by atoms with Crippen LogP contribution in [0.5, 0.6) is 0 Å². The zero-order valence-corrected chi connectivity index (χ0v) is 10.2. The SMILES string of the molecule is O=C(CCc1nc(-c2ccoc2)no1)N1CC(O)C1. The Kier molecular flexibility index (Phi) is 3.04. The van der Waals surface area contributed by atoms with Crippen molar-refractivity contribution >= 4 is 5.91 Å². The number of furan rings is 1. The molecular weight excluding hydrogens is 250 g/mol. The topological polar surface area (TPSA) is 92.6 Å². The first-order chi connectivity index (χ1) is 9.22. The van der Waals surface area contributed by atoms with Gasteiger partial charge in [-0.1, -0.05) is 5.16 Å². The summed E-state index contributed by atoms with van der Waals surface area (Å²) in [7, 11) is 0. The first-order valence-electron chi connectivity index (χ1n) is 6.03. The summed E-state index contributed by atoms with van der Waals surface area (Å²) < 4.78 is 10.0. The maximum Gasteiger partial charge on any atom is 0.227 e. The minimum atomic E-state index is -0.375. The molecule has 1 aliphatic rings. The van der Waals surface area contributed by atoms with Crippen LogP contribution in [-0.2, 0) is 11.2 Å². The number of aromatic nitrogens is 2. The van der Waals surface area contributed by atoms with Crippen molar-refractivity contribution in [2.45, 2.75) is 18.9 Å². The van der Waals surface area contributed by atoms with E-state index < -0.39 is 0 Å². The van der Waals surface area contributed by atoms with Crippen LogP contribution in [0.4, 0.5) is 0 Å². The molecule has 7 heteroatoms. The standard InChI is InChI=1S/C12H13N3O4/c16-9-5-15(6-9)11(17)2-1-10-13-12(14-19-10)8-3-4-18-7-8/h3-4,7,9,16H,1-2,5-6H2. The fourth-order valence-electron chi connectivity index (χ4n) is 1.90. The van der Waals surface area contributed by atoms with E-state index in [4.69, 9.17) is 14.0 Å². The monoisotopic (exact) mass is 263 g/mol. The second kappa shape index (κ2) is 4.85. The van der Waals surface area contributed by atoms with Gasteiger partial charge in [0.05, 0.1) is 17.9 Å². The molecule has 0 aliphatic carbocycles. The molecule has 2 aromatic heterocycles. The molecule has 7 nitrogen and oxygen atoms in total. The molecule has 2 aromatic rings. The number of nitrogens with zero attached hydrogens (tertiary/aromatic N) is 3. The summed E-state index contributed by atoms with van der Waals surface area (Å²) in [6, 6.07) is 1.74. The highest BCUT2D eigenvalue weighted by molar-refractivity contribution is 5.77.